The van der Waals surface area contributed by atoms with Crippen LogP contribution in [0.25, 0.3) is 0 Å². The van der Waals surface area contributed by atoms with Crippen molar-refractivity contribution in [3.8, 4) is 0 Å². The summed E-state index contributed by atoms with van der Waals surface area (Å²) >= 11 is 1.53. The number of ether oxygens (including phenoxy) is 1. The van der Waals surface area contributed by atoms with Gasteiger partial charge in [0.2, 0.25) is 0 Å². The molecule has 0 radical (unpaired) electrons. The summed E-state index contributed by atoms with van der Waals surface area (Å²) in [6.45, 7) is 7.33. The Labute approximate surface area is 147 Å². The molecule has 6 nitrogen and oxygen atoms in total. The summed E-state index contributed by atoms with van der Waals surface area (Å²) in [7, 11) is 0. The molecule has 7 heteroatoms. The van der Waals surface area contributed by atoms with Gasteiger partial charge in [-0.2, -0.15) is 0 Å². The van der Waals surface area contributed by atoms with Gasteiger partial charge in [0.25, 0.3) is 0 Å². The molecule has 2 fully saturated rings. The van der Waals surface area contributed by atoms with E-state index in [1.165, 1.54) is 11.3 Å². The summed E-state index contributed by atoms with van der Waals surface area (Å²) in [5, 5.41) is 13.7. The first-order valence-corrected chi connectivity index (χ1v) is 9.48. The first kappa shape index (κ1) is 17.6. The van der Waals surface area contributed by atoms with Crippen LogP contribution in [0.2, 0.25) is 0 Å². The molecule has 1 aliphatic heterocycles. The average Bonchev–Trinajstić information content (AvgIpc) is 2.97. The van der Waals surface area contributed by atoms with Crippen molar-refractivity contribution in [2.24, 2.45) is 0 Å². The zero-order valence-corrected chi connectivity index (χ0v) is 15.4. The predicted octanol–water partition coefficient (Wildman–Crippen LogP) is 2.48. The molecule has 0 bridgehead atoms. The molecule has 0 spiro atoms. The van der Waals surface area contributed by atoms with E-state index in [9.17, 15) is 9.90 Å². The maximum Gasteiger partial charge on any atom is 0.407 e. The minimum atomic E-state index is -0.698. The Bertz CT molecular complexity index is 556. The molecule has 0 aromatic carbocycles. The van der Waals surface area contributed by atoms with E-state index in [4.69, 9.17) is 4.74 Å². The molecule has 0 unspecified atom stereocenters. The zero-order valence-electron chi connectivity index (χ0n) is 14.6. The van der Waals surface area contributed by atoms with Crippen molar-refractivity contribution in [2.75, 3.05) is 13.1 Å². The van der Waals surface area contributed by atoms with E-state index in [-0.39, 0.29) is 12.1 Å². The molecule has 0 atom stereocenters. The van der Waals surface area contributed by atoms with E-state index in [1.54, 1.807) is 11.7 Å². The van der Waals surface area contributed by atoms with Gasteiger partial charge >= 0.3 is 6.09 Å². The minimum Gasteiger partial charge on any atom is -0.444 e. The van der Waals surface area contributed by atoms with E-state index in [0.717, 1.165) is 43.6 Å². The number of alkyl carbamates (subject to hydrolysis) is 1. The van der Waals surface area contributed by atoms with Crippen molar-refractivity contribution in [3.63, 3.8) is 0 Å². The maximum atomic E-state index is 11.8. The molecule has 2 N–H and O–H groups in total. The standard InChI is InChI=1S/C17H27N3O3S/c1-16(2,3)23-15(21)19-12-9-20(10-12)13-4-6-17(22,7-5-13)14-8-18-11-24-14/h8,11-13,22H,4-7,9-10H2,1-3H3,(H,19,21). The van der Waals surface area contributed by atoms with Crippen molar-refractivity contribution in [2.45, 2.75) is 69.7 Å². The number of aliphatic hydroxyl groups is 1. The van der Waals surface area contributed by atoms with Crippen LogP contribution >= 0.6 is 11.3 Å². The molecule has 1 amide bonds. The second kappa shape index (κ2) is 6.61. The second-order valence-corrected chi connectivity index (χ2v) is 8.81. The number of likely N-dealkylation sites (tertiary alicyclic amines) is 1. The lowest BCUT2D eigenvalue weighted by atomic mass is 9.80. The van der Waals surface area contributed by atoms with E-state index in [1.807, 2.05) is 20.8 Å². The average molecular weight is 353 g/mol. The Morgan fingerprint density at radius 3 is 2.62 bits per heavy atom. The van der Waals surface area contributed by atoms with Gasteiger partial charge < -0.3 is 15.2 Å². The molecule has 2 heterocycles. The molecule has 1 aliphatic carbocycles. The van der Waals surface area contributed by atoms with Gasteiger partial charge in [-0.05, 0) is 46.5 Å². The number of hydrogen-bond acceptors (Lipinski definition) is 6. The molecule has 1 saturated heterocycles. The van der Waals surface area contributed by atoms with Crippen molar-refractivity contribution in [1.29, 1.82) is 0 Å². The highest BCUT2D eigenvalue weighted by Crippen LogP contribution is 2.40. The zero-order chi connectivity index (χ0) is 17.4. The van der Waals surface area contributed by atoms with Crippen LogP contribution in [0.3, 0.4) is 0 Å². The predicted molar refractivity (Wildman–Crippen MR) is 93.0 cm³/mol. The van der Waals surface area contributed by atoms with Crippen molar-refractivity contribution in [3.05, 3.63) is 16.6 Å². The van der Waals surface area contributed by atoms with Gasteiger partial charge in [0.1, 0.15) is 11.2 Å². The van der Waals surface area contributed by atoms with Gasteiger partial charge in [0.05, 0.1) is 16.4 Å². The molecular formula is C17H27N3O3S. The second-order valence-electron chi connectivity index (χ2n) is 7.93. The number of carbonyl (C=O) groups is 1. The lowest BCUT2D eigenvalue weighted by Crippen LogP contribution is -2.63. The van der Waals surface area contributed by atoms with Gasteiger partial charge in [-0.1, -0.05) is 0 Å². The van der Waals surface area contributed by atoms with Crippen LogP contribution in [0.5, 0.6) is 0 Å². The molecular weight excluding hydrogens is 326 g/mol. The number of amides is 1. The van der Waals surface area contributed by atoms with Gasteiger partial charge in [-0.15, -0.1) is 11.3 Å². The summed E-state index contributed by atoms with van der Waals surface area (Å²) in [6, 6.07) is 0.664. The fourth-order valence-electron chi connectivity index (χ4n) is 3.51. The van der Waals surface area contributed by atoms with E-state index in [0.29, 0.717) is 6.04 Å². The smallest absolute Gasteiger partial charge is 0.407 e. The number of thiazole rings is 1. The molecule has 2 aliphatic rings. The van der Waals surface area contributed by atoms with E-state index < -0.39 is 11.2 Å². The Kier molecular flexibility index (Phi) is 4.86. The Morgan fingerprint density at radius 2 is 2.08 bits per heavy atom. The van der Waals surface area contributed by atoms with Crippen molar-refractivity contribution < 1.29 is 14.6 Å². The lowest BCUT2D eigenvalue weighted by molar-refractivity contribution is -0.0388. The third kappa shape index (κ3) is 4.07. The Hall–Kier alpha value is -1.18. The van der Waals surface area contributed by atoms with E-state index >= 15 is 0 Å². The maximum absolute atomic E-state index is 11.8. The summed E-state index contributed by atoms with van der Waals surface area (Å²) in [5.41, 5.74) is 0.621. The van der Waals surface area contributed by atoms with Crippen molar-refractivity contribution >= 4 is 17.4 Å². The number of hydrogen-bond donors (Lipinski definition) is 2. The number of rotatable bonds is 3. The highest BCUT2D eigenvalue weighted by Gasteiger charge is 2.41. The number of nitrogens with zero attached hydrogens (tertiary/aromatic N) is 2. The molecule has 134 valence electrons. The number of aromatic nitrogens is 1. The van der Waals surface area contributed by atoms with Gasteiger partial charge in [-0.3, -0.25) is 9.88 Å². The Morgan fingerprint density at radius 1 is 1.42 bits per heavy atom. The topological polar surface area (TPSA) is 74.7 Å². The molecule has 1 aromatic rings. The summed E-state index contributed by atoms with van der Waals surface area (Å²) in [5.74, 6) is 0. The van der Waals surface area contributed by atoms with Crippen LogP contribution in [-0.2, 0) is 10.3 Å². The SMILES string of the molecule is CC(C)(C)OC(=O)NC1CN(C2CCC(O)(c3cncs3)CC2)C1. The first-order valence-electron chi connectivity index (χ1n) is 8.60. The van der Waals surface area contributed by atoms with Crippen LogP contribution in [0.15, 0.2) is 11.7 Å². The van der Waals surface area contributed by atoms with Crippen LogP contribution in [-0.4, -0.2) is 51.9 Å². The van der Waals surface area contributed by atoms with E-state index in [2.05, 4.69) is 15.2 Å². The van der Waals surface area contributed by atoms with Gasteiger partial charge in [0.15, 0.2) is 0 Å². The summed E-state index contributed by atoms with van der Waals surface area (Å²) < 4.78 is 5.29. The molecule has 3 rings (SSSR count). The van der Waals surface area contributed by atoms with Crippen LogP contribution < -0.4 is 5.32 Å². The number of carbonyl (C=O) groups excluding carboxylic acids is 1. The first-order chi connectivity index (χ1) is 11.3. The summed E-state index contributed by atoms with van der Waals surface area (Å²) in [4.78, 5) is 19.2. The fraction of sp³-hybridized carbons (Fsp3) is 0.765. The highest BCUT2D eigenvalue weighted by molar-refractivity contribution is 7.09. The highest BCUT2D eigenvalue weighted by atomic mass is 32.1. The van der Waals surface area contributed by atoms with Crippen LogP contribution in [0, 0.1) is 0 Å². The number of nitrogens with one attached hydrogen (secondary N) is 1. The summed E-state index contributed by atoms with van der Waals surface area (Å²) in [6.07, 6.45) is 4.97. The van der Waals surface area contributed by atoms with Gasteiger partial charge in [0, 0.05) is 25.3 Å². The monoisotopic (exact) mass is 353 g/mol. The van der Waals surface area contributed by atoms with Crippen molar-refractivity contribution in [1.82, 2.24) is 15.2 Å². The molecule has 24 heavy (non-hydrogen) atoms. The third-order valence-corrected chi connectivity index (χ3v) is 5.79. The Balaban J connectivity index is 1.41. The largest absolute Gasteiger partial charge is 0.444 e. The minimum absolute atomic E-state index is 0.169. The quantitative estimate of drug-likeness (QED) is 0.873. The van der Waals surface area contributed by atoms with Crippen LogP contribution in [0.4, 0.5) is 4.79 Å². The van der Waals surface area contributed by atoms with Gasteiger partial charge in [-0.25, -0.2) is 4.79 Å². The van der Waals surface area contributed by atoms with Crippen LogP contribution in [0.1, 0.15) is 51.3 Å². The third-order valence-electron chi connectivity index (χ3n) is 4.82. The fourth-order valence-corrected chi connectivity index (χ4v) is 4.29. The normalized spacial score (nSPS) is 29.1. The lowest BCUT2D eigenvalue weighted by Gasteiger charge is -2.47. The molecule has 1 aromatic heterocycles. The molecule has 1 saturated carbocycles.